The van der Waals surface area contributed by atoms with Crippen molar-refractivity contribution in [3.05, 3.63) is 22.7 Å². The van der Waals surface area contributed by atoms with E-state index < -0.39 is 0 Å². The highest BCUT2D eigenvalue weighted by atomic mass is 35.5. The van der Waals surface area contributed by atoms with Crippen LogP contribution in [0.25, 0.3) is 0 Å². The SMILES string of the molecule is CCC(CC)C(NC)c1cc(OC)c(OC)cc1Cl. The predicted molar refractivity (Wildman–Crippen MR) is 80.4 cm³/mol. The highest BCUT2D eigenvalue weighted by Gasteiger charge is 2.23. The van der Waals surface area contributed by atoms with Gasteiger partial charge in [-0.2, -0.15) is 0 Å². The van der Waals surface area contributed by atoms with Gasteiger partial charge in [0, 0.05) is 17.1 Å². The zero-order valence-corrected chi connectivity index (χ0v) is 13.2. The summed E-state index contributed by atoms with van der Waals surface area (Å²) in [6.07, 6.45) is 2.21. The van der Waals surface area contributed by atoms with Gasteiger partial charge in [-0.05, 0) is 24.6 Å². The molecule has 1 atom stereocenters. The number of nitrogens with one attached hydrogen (secondary N) is 1. The van der Waals surface area contributed by atoms with Crippen LogP contribution in [0.1, 0.15) is 38.3 Å². The Hall–Kier alpha value is -0.930. The number of ether oxygens (including phenoxy) is 2. The standard InChI is InChI=1S/C15H24ClNO2/c1-6-10(7-2)15(17-3)11-8-13(18-4)14(19-5)9-12(11)16/h8-10,15,17H,6-7H2,1-5H3. The third-order valence-corrected chi connectivity index (χ3v) is 4.00. The number of rotatable bonds is 7. The summed E-state index contributed by atoms with van der Waals surface area (Å²) in [5, 5.41) is 4.08. The quantitative estimate of drug-likeness (QED) is 0.820. The van der Waals surface area contributed by atoms with Crippen molar-refractivity contribution in [3.8, 4) is 11.5 Å². The van der Waals surface area contributed by atoms with Gasteiger partial charge in [0.05, 0.1) is 14.2 Å². The summed E-state index contributed by atoms with van der Waals surface area (Å²) >= 11 is 6.39. The Balaban J connectivity index is 3.23. The molecule has 1 aromatic rings. The van der Waals surface area contributed by atoms with E-state index in [4.69, 9.17) is 21.1 Å². The molecule has 0 bridgehead atoms. The van der Waals surface area contributed by atoms with E-state index in [9.17, 15) is 0 Å². The number of halogens is 1. The molecule has 3 nitrogen and oxygen atoms in total. The van der Waals surface area contributed by atoms with Crippen molar-refractivity contribution < 1.29 is 9.47 Å². The third-order valence-electron chi connectivity index (χ3n) is 3.67. The molecular weight excluding hydrogens is 262 g/mol. The summed E-state index contributed by atoms with van der Waals surface area (Å²) in [6, 6.07) is 4.02. The maximum Gasteiger partial charge on any atom is 0.162 e. The van der Waals surface area contributed by atoms with Gasteiger partial charge in [-0.15, -0.1) is 0 Å². The van der Waals surface area contributed by atoms with Crippen molar-refractivity contribution in [1.29, 1.82) is 0 Å². The smallest absolute Gasteiger partial charge is 0.162 e. The van der Waals surface area contributed by atoms with Gasteiger partial charge in [0.15, 0.2) is 11.5 Å². The van der Waals surface area contributed by atoms with Crippen molar-refractivity contribution in [1.82, 2.24) is 5.32 Å². The molecule has 0 spiro atoms. The van der Waals surface area contributed by atoms with E-state index in [1.807, 2.05) is 19.2 Å². The normalized spacial score (nSPS) is 12.6. The molecule has 0 aliphatic carbocycles. The Kier molecular flexibility index (Phi) is 6.46. The molecule has 1 aromatic carbocycles. The fourth-order valence-electron chi connectivity index (χ4n) is 2.51. The molecule has 0 saturated heterocycles. The Morgan fingerprint density at radius 1 is 1.11 bits per heavy atom. The second-order valence-electron chi connectivity index (χ2n) is 4.57. The van der Waals surface area contributed by atoms with Gasteiger partial charge in [0.1, 0.15) is 0 Å². The summed E-state index contributed by atoms with van der Waals surface area (Å²) in [7, 11) is 5.22. The molecule has 0 amide bonds. The molecule has 1 rings (SSSR count). The van der Waals surface area contributed by atoms with Crippen LogP contribution in [0.2, 0.25) is 5.02 Å². The second-order valence-corrected chi connectivity index (χ2v) is 4.98. The minimum atomic E-state index is 0.224. The summed E-state index contributed by atoms with van der Waals surface area (Å²) < 4.78 is 10.6. The fraction of sp³-hybridized carbons (Fsp3) is 0.600. The highest BCUT2D eigenvalue weighted by Crippen LogP contribution is 2.39. The summed E-state index contributed by atoms with van der Waals surface area (Å²) in [6.45, 7) is 4.40. The molecular formula is C15H24ClNO2. The molecule has 19 heavy (non-hydrogen) atoms. The zero-order valence-electron chi connectivity index (χ0n) is 12.4. The first-order valence-corrected chi connectivity index (χ1v) is 7.09. The van der Waals surface area contributed by atoms with Gasteiger partial charge in [0.25, 0.3) is 0 Å². The van der Waals surface area contributed by atoms with Gasteiger partial charge in [-0.3, -0.25) is 0 Å². The molecule has 0 aliphatic rings. The Morgan fingerprint density at radius 3 is 2.05 bits per heavy atom. The third kappa shape index (κ3) is 3.54. The van der Waals surface area contributed by atoms with Crippen molar-refractivity contribution in [2.45, 2.75) is 32.7 Å². The zero-order chi connectivity index (χ0) is 14.4. The lowest BCUT2D eigenvalue weighted by atomic mass is 9.88. The molecule has 0 radical (unpaired) electrons. The van der Waals surface area contributed by atoms with Crippen LogP contribution in [0.4, 0.5) is 0 Å². The van der Waals surface area contributed by atoms with Gasteiger partial charge in [-0.1, -0.05) is 38.3 Å². The van der Waals surface area contributed by atoms with E-state index >= 15 is 0 Å². The lowest BCUT2D eigenvalue weighted by Gasteiger charge is -2.27. The minimum Gasteiger partial charge on any atom is -0.493 e. The van der Waals surface area contributed by atoms with Crippen molar-refractivity contribution in [2.75, 3.05) is 21.3 Å². The average Bonchev–Trinajstić information content (AvgIpc) is 2.44. The molecule has 0 fully saturated rings. The van der Waals surface area contributed by atoms with E-state index in [0.717, 1.165) is 18.4 Å². The molecule has 0 saturated carbocycles. The van der Waals surface area contributed by atoms with Gasteiger partial charge >= 0.3 is 0 Å². The fourth-order valence-corrected chi connectivity index (χ4v) is 2.78. The Labute approximate surface area is 121 Å². The van der Waals surface area contributed by atoms with Crippen LogP contribution in [0.3, 0.4) is 0 Å². The predicted octanol–water partition coefficient (Wildman–Crippen LogP) is 4.05. The number of hydrogen-bond acceptors (Lipinski definition) is 3. The first-order chi connectivity index (χ1) is 9.12. The average molecular weight is 286 g/mol. The van der Waals surface area contributed by atoms with E-state index in [2.05, 4.69) is 19.2 Å². The minimum absolute atomic E-state index is 0.224. The van der Waals surface area contributed by atoms with E-state index in [1.54, 1.807) is 14.2 Å². The van der Waals surface area contributed by atoms with Gasteiger partial charge < -0.3 is 14.8 Å². The van der Waals surface area contributed by atoms with Crippen molar-refractivity contribution in [3.63, 3.8) is 0 Å². The maximum atomic E-state index is 6.39. The summed E-state index contributed by atoms with van der Waals surface area (Å²) in [5.74, 6) is 1.92. The van der Waals surface area contributed by atoms with Crippen LogP contribution < -0.4 is 14.8 Å². The molecule has 108 valence electrons. The van der Waals surface area contributed by atoms with Crippen molar-refractivity contribution in [2.24, 2.45) is 5.92 Å². The molecule has 0 heterocycles. The van der Waals surface area contributed by atoms with E-state index in [-0.39, 0.29) is 6.04 Å². The Morgan fingerprint density at radius 2 is 1.63 bits per heavy atom. The number of benzene rings is 1. The monoisotopic (exact) mass is 285 g/mol. The van der Waals surface area contributed by atoms with E-state index in [1.165, 1.54) is 0 Å². The lowest BCUT2D eigenvalue weighted by Crippen LogP contribution is -2.25. The topological polar surface area (TPSA) is 30.5 Å². The molecule has 0 aromatic heterocycles. The first-order valence-electron chi connectivity index (χ1n) is 6.71. The van der Waals surface area contributed by atoms with Crippen molar-refractivity contribution >= 4 is 11.6 Å². The molecule has 1 N–H and O–H groups in total. The lowest BCUT2D eigenvalue weighted by molar-refractivity contribution is 0.344. The maximum absolute atomic E-state index is 6.39. The Bertz CT molecular complexity index is 405. The molecule has 1 unspecified atom stereocenters. The van der Waals surface area contributed by atoms with Crippen LogP contribution in [-0.2, 0) is 0 Å². The van der Waals surface area contributed by atoms with Crippen LogP contribution in [0.15, 0.2) is 12.1 Å². The van der Waals surface area contributed by atoms with Crippen LogP contribution in [-0.4, -0.2) is 21.3 Å². The van der Waals surface area contributed by atoms with Crippen LogP contribution >= 0.6 is 11.6 Å². The van der Waals surface area contributed by atoms with Crippen LogP contribution in [0, 0.1) is 5.92 Å². The summed E-state index contributed by atoms with van der Waals surface area (Å²) in [5.41, 5.74) is 1.07. The van der Waals surface area contributed by atoms with Gasteiger partial charge in [0.2, 0.25) is 0 Å². The second kappa shape index (κ2) is 7.61. The van der Waals surface area contributed by atoms with E-state index in [0.29, 0.717) is 22.4 Å². The van der Waals surface area contributed by atoms with Crippen LogP contribution in [0.5, 0.6) is 11.5 Å². The van der Waals surface area contributed by atoms with Gasteiger partial charge in [-0.25, -0.2) is 0 Å². The molecule has 4 heteroatoms. The number of methoxy groups -OCH3 is 2. The number of hydrogen-bond donors (Lipinski definition) is 1. The molecule has 0 aliphatic heterocycles. The highest BCUT2D eigenvalue weighted by molar-refractivity contribution is 6.31. The summed E-state index contributed by atoms with van der Waals surface area (Å²) in [4.78, 5) is 0. The largest absolute Gasteiger partial charge is 0.493 e. The first kappa shape index (κ1) is 16.1.